The molecule has 1 amide bonds. The number of nitrogens with zero attached hydrogens (tertiary/aromatic N) is 1. The van der Waals surface area contributed by atoms with Gasteiger partial charge in [0.05, 0.1) is 32.0 Å². The van der Waals surface area contributed by atoms with Gasteiger partial charge in [-0.05, 0) is 48.2 Å². The maximum atomic E-state index is 13.3. The molecule has 1 heterocycles. The molecule has 7 heteroatoms. The number of methoxy groups -OCH3 is 2. The maximum Gasteiger partial charge on any atom is 0.343 e. The lowest BCUT2D eigenvalue weighted by atomic mass is 9.86. The summed E-state index contributed by atoms with van der Waals surface area (Å²) in [5.74, 6) is 0.560. The van der Waals surface area contributed by atoms with Crippen molar-refractivity contribution in [1.82, 2.24) is 4.57 Å². The Labute approximate surface area is 205 Å². The molecule has 1 fully saturated rings. The van der Waals surface area contributed by atoms with E-state index in [9.17, 15) is 14.4 Å². The van der Waals surface area contributed by atoms with E-state index in [1.54, 1.807) is 23.8 Å². The zero-order valence-electron chi connectivity index (χ0n) is 20.3. The number of fused-ring (bicyclic) bond motifs is 1. The second-order valence-electron chi connectivity index (χ2n) is 9.12. The zero-order chi connectivity index (χ0) is 24.8. The average molecular weight is 477 g/mol. The van der Waals surface area contributed by atoms with Crippen LogP contribution in [0.15, 0.2) is 53.3 Å². The van der Waals surface area contributed by atoms with E-state index in [-0.39, 0.29) is 18.0 Å². The minimum Gasteiger partial charge on any atom is -0.497 e. The fourth-order valence-corrected chi connectivity index (χ4v) is 4.86. The van der Waals surface area contributed by atoms with Crippen LogP contribution < -0.4 is 15.6 Å². The number of anilines is 1. The third-order valence-corrected chi connectivity index (χ3v) is 6.82. The Kier molecular flexibility index (Phi) is 7.85. The fourth-order valence-electron chi connectivity index (χ4n) is 4.86. The highest BCUT2D eigenvalue weighted by Gasteiger charge is 2.19. The molecule has 1 aliphatic carbocycles. The molecular formula is C28H32N2O5. The second kappa shape index (κ2) is 11.2. The number of hydrogen-bond donors (Lipinski definition) is 1. The number of hydrogen-bond acceptors (Lipinski definition) is 5. The summed E-state index contributed by atoms with van der Waals surface area (Å²) in [5, 5.41) is 3.63. The zero-order valence-corrected chi connectivity index (χ0v) is 20.3. The van der Waals surface area contributed by atoms with E-state index in [0.29, 0.717) is 34.7 Å². The van der Waals surface area contributed by atoms with Gasteiger partial charge in [-0.1, -0.05) is 50.3 Å². The summed E-state index contributed by atoms with van der Waals surface area (Å²) < 4.78 is 11.6. The number of amides is 1. The van der Waals surface area contributed by atoms with Gasteiger partial charge < -0.3 is 19.4 Å². The summed E-state index contributed by atoms with van der Waals surface area (Å²) in [5.41, 5.74) is 1.56. The number of pyridine rings is 1. The Bertz CT molecular complexity index is 1260. The lowest BCUT2D eigenvalue weighted by molar-refractivity contribution is -0.116. The minimum atomic E-state index is -0.709. The lowest BCUT2D eigenvalue weighted by Gasteiger charge is -2.21. The van der Waals surface area contributed by atoms with Gasteiger partial charge in [-0.15, -0.1) is 0 Å². The largest absolute Gasteiger partial charge is 0.497 e. The molecule has 0 spiro atoms. The summed E-state index contributed by atoms with van der Waals surface area (Å²) in [7, 11) is 2.84. The molecule has 2 aromatic carbocycles. The predicted molar refractivity (Wildman–Crippen MR) is 136 cm³/mol. The molecule has 0 atom stereocenters. The van der Waals surface area contributed by atoms with Crippen molar-refractivity contribution < 1.29 is 19.1 Å². The first-order valence-corrected chi connectivity index (χ1v) is 12.2. The van der Waals surface area contributed by atoms with Gasteiger partial charge in [-0.25, -0.2) is 4.79 Å². The summed E-state index contributed by atoms with van der Waals surface area (Å²) in [6, 6.07) is 14.3. The van der Waals surface area contributed by atoms with Crippen LogP contribution in [-0.4, -0.2) is 30.7 Å². The number of carbonyl (C=O) groups excluding carboxylic acids is 2. The molecule has 184 valence electrons. The first-order chi connectivity index (χ1) is 17.0. The molecule has 0 saturated heterocycles. The Morgan fingerprint density at radius 3 is 2.46 bits per heavy atom. The monoisotopic (exact) mass is 476 g/mol. The third kappa shape index (κ3) is 5.73. The number of aromatic nitrogens is 1. The van der Waals surface area contributed by atoms with Gasteiger partial charge in [0.15, 0.2) is 0 Å². The number of benzene rings is 2. The molecule has 0 unspecified atom stereocenters. The van der Waals surface area contributed by atoms with Crippen LogP contribution in [0.2, 0.25) is 0 Å². The second-order valence-corrected chi connectivity index (χ2v) is 9.12. The van der Waals surface area contributed by atoms with E-state index in [4.69, 9.17) is 9.47 Å². The topological polar surface area (TPSA) is 86.6 Å². The SMILES string of the molecule is COC(=O)c1cc2c(NC(=O)CCC3CCCCC3)cccc2n(Cc2ccc(OC)cc2)c1=O. The highest BCUT2D eigenvalue weighted by atomic mass is 16.5. The van der Waals surface area contributed by atoms with Crippen molar-refractivity contribution in [2.75, 3.05) is 19.5 Å². The van der Waals surface area contributed by atoms with Gasteiger partial charge in [0.25, 0.3) is 5.56 Å². The molecule has 7 nitrogen and oxygen atoms in total. The molecular weight excluding hydrogens is 444 g/mol. The standard InChI is InChI=1S/C28H32N2O5/c1-34-21-14-11-20(12-15-21)18-30-25-10-6-9-24(22(25)17-23(27(30)32)28(33)35-2)29-26(31)16-13-19-7-4-3-5-8-19/h6,9-12,14-15,17,19H,3-5,7-8,13,16,18H2,1-2H3,(H,29,31). The summed E-state index contributed by atoms with van der Waals surface area (Å²) >= 11 is 0. The van der Waals surface area contributed by atoms with Crippen molar-refractivity contribution in [3.63, 3.8) is 0 Å². The van der Waals surface area contributed by atoms with Crippen LogP contribution in [0.4, 0.5) is 5.69 Å². The molecule has 4 rings (SSSR count). The Morgan fingerprint density at radius 2 is 1.77 bits per heavy atom. The van der Waals surface area contributed by atoms with E-state index < -0.39 is 11.5 Å². The molecule has 1 aliphatic rings. The molecule has 1 aromatic heterocycles. The summed E-state index contributed by atoms with van der Waals surface area (Å²) in [6.07, 6.45) is 7.51. The number of esters is 1. The lowest BCUT2D eigenvalue weighted by Crippen LogP contribution is -2.28. The molecule has 0 bridgehead atoms. The average Bonchev–Trinajstić information content (AvgIpc) is 2.89. The Hall–Kier alpha value is -3.61. The van der Waals surface area contributed by atoms with Crippen LogP contribution in [-0.2, 0) is 16.1 Å². The van der Waals surface area contributed by atoms with Crippen LogP contribution in [0, 0.1) is 5.92 Å². The van der Waals surface area contributed by atoms with Gasteiger partial charge in [-0.3, -0.25) is 9.59 Å². The van der Waals surface area contributed by atoms with Gasteiger partial charge in [0, 0.05) is 11.8 Å². The smallest absolute Gasteiger partial charge is 0.343 e. The van der Waals surface area contributed by atoms with E-state index in [0.717, 1.165) is 12.0 Å². The van der Waals surface area contributed by atoms with Crippen LogP contribution >= 0.6 is 0 Å². The molecule has 35 heavy (non-hydrogen) atoms. The number of rotatable bonds is 8. The van der Waals surface area contributed by atoms with Crippen molar-refractivity contribution in [2.24, 2.45) is 5.92 Å². The predicted octanol–water partition coefficient (Wildman–Crippen LogP) is 5.14. The third-order valence-electron chi connectivity index (χ3n) is 6.82. The van der Waals surface area contributed by atoms with Crippen molar-refractivity contribution in [3.8, 4) is 5.75 Å². The van der Waals surface area contributed by atoms with Crippen LogP contribution in [0.5, 0.6) is 5.75 Å². The van der Waals surface area contributed by atoms with Crippen molar-refractivity contribution in [2.45, 2.75) is 51.5 Å². The Morgan fingerprint density at radius 1 is 1.03 bits per heavy atom. The van der Waals surface area contributed by atoms with Crippen molar-refractivity contribution in [3.05, 3.63) is 70.0 Å². The number of carbonyl (C=O) groups is 2. The van der Waals surface area contributed by atoms with E-state index in [1.807, 2.05) is 30.3 Å². The highest BCUT2D eigenvalue weighted by molar-refractivity contribution is 6.03. The molecule has 0 aliphatic heterocycles. The molecule has 1 N–H and O–H groups in total. The van der Waals surface area contributed by atoms with Gasteiger partial charge in [0.1, 0.15) is 11.3 Å². The van der Waals surface area contributed by atoms with Crippen LogP contribution in [0.1, 0.15) is 60.9 Å². The molecule has 3 aromatic rings. The van der Waals surface area contributed by atoms with Crippen molar-refractivity contribution >= 4 is 28.5 Å². The van der Waals surface area contributed by atoms with Gasteiger partial charge in [-0.2, -0.15) is 0 Å². The maximum absolute atomic E-state index is 13.3. The van der Waals surface area contributed by atoms with Crippen LogP contribution in [0.25, 0.3) is 10.9 Å². The Balaban J connectivity index is 1.67. The normalized spacial score (nSPS) is 14.0. The quantitative estimate of drug-likeness (QED) is 0.455. The van der Waals surface area contributed by atoms with Gasteiger partial charge >= 0.3 is 5.97 Å². The van der Waals surface area contributed by atoms with Gasteiger partial charge in [0.2, 0.25) is 5.91 Å². The van der Waals surface area contributed by atoms with E-state index in [2.05, 4.69) is 5.32 Å². The van der Waals surface area contributed by atoms with Crippen LogP contribution in [0.3, 0.4) is 0 Å². The summed E-state index contributed by atoms with van der Waals surface area (Å²) in [6.45, 7) is 0.253. The highest BCUT2D eigenvalue weighted by Crippen LogP contribution is 2.28. The number of nitrogens with one attached hydrogen (secondary N) is 1. The first kappa shape index (κ1) is 24.5. The summed E-state index contributed by atoms with van der Waals surface area (Å²) in [4.78, 5) is 38.5. The minimum absolute atomic E-state index is 0.0596. The van der Waals surface area contributed by atoms with Crippen molar-refractivity contribution in [1.29, 1.82) is 0 Å². The van der Waals surface area contributed by atoms with E-state index >= 15 is 0 Å². The molecule has 1 saturated carbocycles. The fraction of sp³-hybridized carbons (Fsp3) is 0.393. The number of ether oxygens (including phenoxy) is 2. The molecule has 0 radical (unpaired) electrons. The van der Waals surface area contributed by atoms with E-state index in [1.165, 1.54) is 45.3 Å². The first-order valence-electron chi connectivity index (χ1n) is 12.2.